The number of carbonyl (C=O) groups is 2. The average molecular weight is 366 g/mol. The summed E-state index contributed by atoms with van der Waals surface area (Å²) in [6.07, 6.45) is 1.34. The van der Waals surface area contributed by atoms with Crippen molar-refractivity contribution in [3.05, 3.63) is 52.3 Å². The molecule has 2 rings (SSSR count). The highest BCUT2D eigenvalue weighted by Crippen LogP contribution is 2.22. The lowest BCUT2D eigenvalue weighted by Crippen LogP contribution is -2.27. The van der Waals surface area contributed by atoms with Crippen molar-refractivity contribution in [2.45, 2.75) is 20.8 Å². The van der Waals surface area contributed by atoms with Gasteiger partial charge in [0.05, 0.1) is 10.6 Å². The van der Waals surface area contributed by atoms with Gasteiger partial charge in [-0.1, -0.05) is 50.0 Å². The first-order valence-corrected chi connectivity index (χ1v) is 7.96. The standard InChI is InChI=1S/C17H17Cl2N3O2/c1-17(2,3)16(24)22-12-6-4-5-11(8-12)21-15(23)10-7-13(18)14(19)20-9-10/h4-9H,1-3H3,(H,21,23)(H,22,24). The SMILES string of the molecule is CC(C)(C)C(=O)Nc1cccc(NC(=O)c2cnc(Cl)c(Cl)c2)c1. The predicted octanol–water partition coefficient (Wildman–Crippen LogP) is 4.63. The quantitative estimate of drug-likeness (QED) is 0.779. The van der Waals surface area contributed by atoms with E-state index in [1.54, 1.807) is 24.3 Å². The van der Waals surface area contributed by atoms with Crippen LogP contribution in [0.2, 0.25) is 10.2 Å². The Morgan fingerprint density at radius 1 is 1.04 bits per heavy atom. The highest BCUT2D eigenvalue weighted by atomic mass is 35.5. The number of nitrogens with zero attached hydrogens (tertiary/aromatic N) is 1. The minimum atomic E-state index is -0.509. The number of amides is 2. The predicted molar refractivity (Wildman–Crippen MR) is 96.7 cm³/mol. The van der Waals surface area contributed by atoms with Crippen molar-refractivity contribution in [2.24, 2.45) is 5.41 Å². The smallest absolute Gasteiger partial charge is 0.257 e. The van der Waals surface area contributed by atoms with Gasteiger partial charge in [-0.15, -0.1) is 0 Å². The van der Waals surface area contributed by atoms with Crippen LogP contribution in [0.25, 0.3) is 0 Å². The van der Waals surface area contributed by atoms with Gasteiger partial charge in [-0.25, -0.2) is 4.98 Å². The third-order valence-electron chi connectivity index (χ3n) is 3.12. The molecule has 0 aliphatic heterocycles. The summed E-state index contributed by atoms with van der Waals surface area (Å²) in [4.78, 5) is 28.1. The van der Waals surface area contributed by atoms with Crippen LogP contribution in [0.1, 0.15) is 31.1 Å². The van der Waals surface area contributed by atoms with Crippen LogP contribution in [-0.2, 0) is 4.79 Å². The summed E-state index contributed by atoms with van der Waals surface area (Å²) in [5, 5.41) is 5.88. The number of pyridine rings is 1. The van der Waals surface area contributed by atoms with E-state index in [1.165, 1.54) is 12.3 Å². The van der Waals surface area contributed by atoms with Crippen LogP contribution >= 0.6 is 23.2 Å². The Hall–Kier alpha value is -2.11. The summed E-state index contributed by atoms with van der Waals surface area (Å²) in [5.41, 5.74) is 0.914. The molecule has 0 spiro atoms. The van der Waals surface area contributed by atoms with Crippen molar-refractivity contribution in [1.29, 1.82) is 0 Å². The lowest BCUT2D eigenvalue weighted by atomic mass is 9.95. The second kappa shape index (κ2) is 7.20. The van der Waals surface area contributed by atoms with Crippen LogP contribution in [-0.4, -0.2) is 16.8 Å². The van der Waals surface area contributed by atoms with Crippen molar-refractivity contribution < 1.29 is 9.59 Å². The lowest BCUT2D eigenvalue weighted by Gasteiger charge is -2.18. The molecule has 2 amide bonds. The molecule has 0 aliphatic carbocycles. The highest BCUT2D eigenvalue weighted by Gasteiger charge is 2.21. The monoisotopic (exact) mass is 365 g/mol. The van der Waals surface area contributed by atoms with Gasteiger partial charge in [-0.05, 0) is 24.3 Å². The van der Waals surface area contributed by atoms with Crippen molar-refractivity contribution in [3.8, 4) is 0 Å². The van der Waals surface area contributed by atoms with Gasteiger partial charge in [0, 0.05) is 23.0 Å². The second-order valence-corrected chi connectivity index (χ2v) is 7.00. The van der Waals surface area contributed by atoms with E-state index in [4.69, 9.17) is 23.2 Å². The number of halogens is 2. The van der Waals surface area contributed by atoms with Gasteiger partial charge < -0.3 is 10.6 Å². The van der Waals surface area contributed by atoms with Gasteiger partial charge in [0.25, 0.3) is 5.91 Å². The first-order valence-electron chi connectivity index (χ1n) is 7.21. The molecule has 0 radical (unpaired) electrons. The van der Waals surface area contributed by atoms with E-state index in [-0.39, 0.29) is 27.6 Å². The molecule has 0 fully saturated rings. The molecule has 1 heterocycles. The largest absolute Gasteiger partial charge is 0.326 e. The maximum atomic E-state index is 12.2. The average Bonchev–Trinajstić information content (AvgIpc) is 2.49. The molecule has 0 aliphatic rings. The molecule has 2 N–H and O–H groups in total. The zero-order chi connectivity index (χ0) is 17.9. The van der Waals surface area contributed by atoms with Gasteiger partial charge in [0.1, 0.15) is 5.15 Å². The fraction of sp³-hybridized carbons (Fsp3) is 0.235. The topological polar surface area (TPSA) is 71.1 Å². The normalized spacial score (nSPS) is 11.0. The van der Waals surface area contributed by atoms with Crippen molar-refractivity contribution in [3.63, 3.8) is 0 Å². The number of nitrogens with one attached hydrogen (secondary N) is 2. The number of hydrogen-bond acceptors (Lipinski definition) is 3. The zero-order valence-corrected chi connectivity index (χ0v) is 15.0. The van der Waals surface area contributed by atoms with Gasteiger partial charge in [0.15, 0.2) is 0 Å². The van der Waals surface area contributed by atoms with Crippen LogP contribution in [0.3, 0.4) is 0 Å². The summed E-state index contributed by atoms with van der Waals surface area (Å²) < 4.78 is 0. The summed E-state index contributed by atoms with van der Waals surface area (Å²) in [5.74, 6) is -0.486. The van der Waals surface area contributed by atoms with Crippen LogP contribution in [0.4, 0.5) is 11.4 Å². The Morgan fingerprint density at radius 2 is 1.67 bits per heavy atom. The number of anilines is 2. The number of benzene rings is 1. The van der Waals surface area contributed by atoms with Crippen molar-refractivity contribution >= 4 is 46.4 Å². The van der Waals surface area contributed by atoms with Crippen LogP contribution in [0.15, 0.2) is 36.5 Å². The van der Waals surface area contributed by atoms with E-state index in [2.05, 4.69) is 15.6 Å². The second-order valence-electron chi connectivity index (χ2n) is 6.24. The molecule has 0 saturated carbocycles. The van der Waals surface area contributed by atoms with Crippen LogP contribution < -0.4 is 10.6 Å². The molecule has 24 heavy (non-hydrogen) atoms. The van der Waals surface area contributed by atoms with E-state index >= 15 is 0 Å². The molecule has 126 valence electrons. The summed E-state index contributed by atoms with van der Waals surface area (Å²) in [6.45, 7) is 5.47. The molecule has 0 bridgehead atoms. The van der Waals surface area contributed by atoms with Gasteiger partial charge in [-0.2, -0.15) is 0 Å². The minimum Gasteiger partial charge on any atom is -0.326 e. The third-order valence-corrected chi connectivity index (χ3v) is 3.80. The molecule has 0 unspecified atom stereocenters. The molecule has 0 saturated heterocycles. The maximum Gasteiger partial charge on any atom is 0.257 e. The molecule has 2 aromatic rings. The first kappa shape index (κ1) is 18.2. The summed E-state index contributed by atoms with van der Waals surface area (Å²) in [6, 6.07) is 8.32. The number of hydrogen-bond donors (Lipinski definition) is 2. The number of rotatable bonds is 3. The van der Waals surface area contributed by atoms with E-state index < -0.39 is 5.41 Å². The Kier molecular flexibility index (Phi) is 5.47. The Labute approximate surface area is 150 Å². The van der Waals surface area contributed by atoms with Crippen LogP contribution in [0, 0.1) is 5.41 Å². The van der Waals surface area contributed by atoms with Gasteiger partial charge >= 0.3 is 0 Å². The number of carbonyl (C=O) groups excluding carboxylic acids is 2. The maximum absolute atomic E-state index is 12.2. The molecular weight excluding hydrogens is 349 g/mol. The highest BCUT2D eigenvalue weighted by molar-refractivity contribution is 6.41. The molecule has 0 atom stereocenters. The zero-order valence-electron chi connectivity index (χ0n) is 13.5. The Morgan fingerprint density at radius 3 is 2.25 bits per heavy atom. The third kappa shape index (κ3) is 4.69. The molecular formula is C17H17Cl2N3O2. The van der Waals surface area contributed by atoms with Crippen LogP contribution in [0.5, 0.6) is 0 Å². The first-order chi connectivity index (χ1) is 11.2. The van der Waals surface area contributed by atoms with Crippen molar-refractivity contribution in [1.82, 2.24) is 4.98 Å². The summed E-state index contributed by atoms with van der Waals surface area (Å²) >= 11 is 11.6. The van der Waals surface area contributed by atoms with E-state index in [9.17, 15) is 9.59 Å². The van der Waals surface area contributed by atoms with E-state index in [1.807, 2.05) is 20.8 Å². The fourth-order valence-electron chi connectivity index (χ4n) is 1.74. The Balaban J connectivity index is 2.13. The molecule has 7 heteroatoms. The van der Waals surface area contributed by atoms with E-state index in [0.29, 0.717) is 11.4 Å². The van der Waals surface area contributed by atoms with Gasteiger partial charge in [-0.3, -0.25) is 9.59 Å². The minimum absolute atomic E-state index is 0.111. The summed E-state index contributed by atoms with van der Waals surface area (Å²) in [7, 11) is 0. The van der Waals surface area contributed by atoms with Crippen molar-refractivity contribution in [2.75, 3.05) is 10.6 Å². The lowest BCUT2D eigenvalue weighted by molar-refractivity contribution is -0.123. The number of aromatic nitrogens is 1. The van der Waals surface area contributed by atoms with Gasteiger partial charge in [0.2, 0.25) is 5.91 Å². The molecule has 1 aromatic carbocycles. The molecule has 1 aromatic heterocycles. The fourth-order valence-corrected chi connectivity index (χ4v) is 2.01. The van der Waals surface area contributed by atoms with E-state index in [0.717, 1.165) is 0 Å². The Bertz CT molecular complexity index is 786. The molecule has 5 nitrogen and oxygen atoms in total.